The summed E-state index contributed by atoms with van der Waals surface area (Å²) in [6.45, 7) is 8.34. The predicted molar refractivity (Wildman–Crippen MR) is 66.3 cm³/mol. The van der Waals surface area contributed by atoms with Gasteiger partial charge in [-0.05, 0) is 61.7 Å². The molecule has 92 valence electrons. The van der Waals surface area contributed by atoms with Gasteiger partial charge in [-0.25, -0.2) is 0 Å². The van der Waals surface area contributed by atoms with E-state index in [-0.39, 0.29) is 5.60 Å². The molecule has 16 heavy (non-hydrogen) atoms. The first-order valence-corrected chi connectivity index (χ1v) is 7.12. The van der Waals surface area contributed by atoms with Crippen LogP contribution in [0.5, 0.6) is 0 Å². The van der Waals surface area contributed by atoms with E-state index >= 15 is 0 Å². The molecule has 0 radical (unpaired) electrons. The van der Waals surface area contributed by atoms with Gasteiger partial charge in [0.05, 0.1) is 12.2 Å². The third-order valence-electron chi connectivity index (χ3n) is 5.07. The molecule has 0 amide bonds. The molecule has 1 heterocycles. The van der Waals surface area contributed by atoms with Crippen LogP contribution in [0, 0.1) is 23.2 Å². The largest absolute Gasteiger partial charge is 0.375 e. The molecule has 3 rings (SSSR count). The van der Waals surface area contributed by atoms with Gasteiger partial charge >= 0.3 is 0 Å². The van der Waals surface area contributed by atoms with Gasteiger partial charge in [-0.15, -0.1) is 0 Å². The quantitative estimate of drug-likeness (QED) is 0.601. The molecule has 2 saturated carbocycles. The molecular formula is C15H26O. The molecule has 0 N–H and O–H groups in total. The molecule has 1 spiro atoms. The normalized spacial score (nSPS) is 50.8. The Kier molecular flexibility index (Phi) is 2.41. The highest BCUT2D eigenvalue weighted by Crippen LogP contribution is 2.53. The van der Waals surface area contributed by atoms with Gasteiger partial charge in [0, 0.05) is 0 Å². The van der Waals surface area contributed by atoms with Gasteiger partial charge in [0.15, 0.2) is 0 Å². The summed E-state index contributed by atoms with van der Waals surface area (Å²) < 4.78 is 6.39. The van der Waals surface area contributed by atoms with Crippen molar-refractivity contribution in [2.75, 3.05) is 6.61 Å². The standard InChI is InChI=1S/C15H26O/c1-11-7-14(2,3)10-15(8-11)5-4-12-6-13(12)9-16-15/h11-13H,4-10H2,1-3H3/t11-,12-,13-,15+/m1/s1. The molecule has 0 unspecified atom stereocenters. The number of hydrogen-bond donors (Lipinski definition) is 0. The van der Waals surface area contributed by atoms with Gasteiger partial charge in [0.2, 0.25) is 0 Å². The molecule has 0 aromatic heterocycles. The predicted octanol–water partition coefficient (Wildman–Crippen LogP) is 4.02. The maximum absolute atomic E-state index is 6.39. The van der Waals surface area contributed by atoms with Crippen LogP contribution < -0.4 is 0 Å². The summed E-state index contributed by atoms with van der Waals surface area (Å²) in [5, 5.41) is 0. The van der Waals surface area contributed by atoms with Gasteiger partial charge in [-0.2, -0.15) is 0 Å². The van der Waals surface area contributed by atoms with Crippen molar-refractivity contribution < 1.29 is 4.74 Å². The van der Waals surface area contributed by atoms with Gasteiger partial charge < -0.3 is 4.74 Å². The van der Waals surface area contributed by atoms with Gasteiger partial charge in [-0.1, -0.05) is 20.8 Å². The van der Waals surface area contributed by atoms with Crippen molar-refractivity contribution >= 4 is 0 Å². The molecule has 2 aliphatic carbocycles. The van der Waals surface area contributed by atoms with Crippen LogP contribution in [-0.4, -0.2) is 12.2 Å². The average molecular weight is 222 g/mol. The highest BCUT2D eigenvalue weighted by atomic mass is 16.5. The SMILES string of the molecule is C[C@@H]1CC(C)(C)C[C@]2(CC[C@@H]3C[C@@H]3CO2)C1. The Bertz CT molecular complexity index is 269. The molecule has 0 aromatic rings. The lowest BCUT2D eigenvalue weighted by Crippen LogP contribution is -2.44. The Morgan fingerprint density at radius 3 is 2.69 bits per heavy atom. The Labute approximate surface area is 99.9 Å². The lowest BCUT2D eigenvalue weighted by Gasteiger charge is -2.47. The molecule has 0 bridgehead atoms. The van der Waals surface area contributed by atoms with Crippen LogP contribution in [0.15, 0.2) is 0 Å². The van der Waals surface area contributed by atoms with Crippen molar-refractivity contribution in [1.82, 2.24) is 0 Å². The number of ether oxygens (including phenoxy) is 1. The van der Waals surface area contributed by atoms with E-state index in [0.29, 0.717) is 5.41 Å². The molecule has 3 aliphatic rings. The maximum Gasteiger partial charge on any atom is 0.0690 e. The van der Waals surface area contributed by atoms with E-state index in [1.54, 1.807) is 0 Å². The second-order valence-corrected chi connectivity index (χ2v) is 7.64. The fraction of sp³-hybridized carbons (Fsp3) is 1.00. The Balaban J connectivity index is 1.75. The van der Waals surface area contributed by atoms with Gasteiger partial charge in [0.1, 0.15) is 0 Å². The first-order chi connectivity index (χ1) is 7.48. The molecule has 1 heteroatoms. The van der Waals surface area contributed by atoms with Crippen LogP contribution >= 0.6 is 0 Å². The molecule has 1 saturated heterocycles. The van der Waals surface area contributed by atoms with E-state index in [0.717, 1.165) is 24.4 Å². The van der Waals surface area contributed by atoms with Crippen LogP contribution in [-0.2, 0) is 4.74 Å². The lowest BCUT2D eigenvalue weighted by atomic mass is 9.64. The molecule has 0 aromatic carbocycles. The second-order valence-electron chi connectivity index (χ2n) is 7.64. The highest BCUT2D eigenvalue weighted by Gasteiger charge is 2.49. The summed E-state index contributed by atoms with van der Waals surface area (Å²) in [6.07, 6.45) is 8.22. The van der Waals surface area contributed by atoms with E-state index in [2.05, 4.69) is 20.8 Å². The average Bonchev–Trinajstić information content (AvgIpc) is 2.86. The minimum atomic E-state index is 0.259. The number of fused-ring (bicyclic) bond motifs is 1. The summed E-state index contributed by atoms with van der Waals surface area (Å²) in [7, 11) is 0. The summed E-state index contributed by atoms with van der Waals surface area (Å²) in [4.78, 5) is 0. The van der Waals surface area contributed by atoms with Crippen LogP contribution in [0.3, 0.4) is 0 Å². The third-order valence-corrected chi connectivity index (χ3v) is 5.07. The monoisotopic (exact) mass is 222 g/mol. The van der Waals surface area contributed by atoms with E-state index in [4.69, 9.17) is 4.74 Å². The lowest BCUT2D eigenvalue weighted by molar-refractivity contribution is -0.114. The van der Waals surface area contributed by atoms with E-state index in [1.165, 1.54) is 38.5 Å². The fourth-order valence-corrected chi connectivity index (χ4v) is 4.64. The summed E-state index contributed by atoms with van der Waals surface area (Å²) in [5.41, 5.74) is 0.751. The van der Waals surface area contributed by atoms with Crippen LogP contribution in [0.1, 0.15) is 59.3 Å². The minimum Gasteiger partial charge on any atom is -0.375 e. The van der Waals surface area contributed by atoms with Crippen LogP contribution in [0.25, 0.3) is 0 Å². The van der Waals surface area contributed by atoms with Crippen molar-refractivity contribution in [3.05, 3.63) is 0 Å². The Morgan fingerprint density at radius 2 is 1.94 bits per heavy atom. The van der Waals surface area contributed by atoms with E-state index in [1.807, 2.05) is 0 Å². The minimum absolute atomic E-state index is 0.259. The van der Waals surface area contributed by atoms with Gasteiger partial charge in [-0.3, -0.25) is 0 Å². The highest BCUT2D eigenvalue weighted by molar-refractivity contribution is 4.99. The van der Waals surface area contributed by atoms with E-state index in [9.17, 15) is 0 Å². The first-order valence-electron chi connectivity index (χ1n) is 7.12. The van der Waals surface area contributed by atoms with Gasteiger partial charge in [0.25, 0.3) is 0 Å². The zero-order valence-electron chi connectivity index (χ0n) is 11.1. The zero-order valence-corrected chi connectivity index (χ0v) is 11.1. The topological polar surface area (TPSA) is 9.23 Å². The van der Waals surface area contributed by atoms with Crippen molar-refractivity contribution in [3.8, 4) is 0 Å². The number of hydrogen-bond acceptors (Lipinski definition) is 1. The van der Waals surface area contributed by atoms with Crippen molar-refractivity contribution in [2.24, 2.45) is 23.2 Å². The van der Waals surface area contributed by atoms with E-state index < -0.39 is 0 Å². The first kappa shape index (κ1) is 11.1. The summed E-state index contributed by atoms with van der Waals surface area (Å²) in [6, 6.07) is 0. The van der Waals surface area contributed by atoms with Crippen molar-refractivity contribution in [3.63, 3.8) is 0 Å². The third kappa shape index (κ3) is 2.03. The molecule has 4 atom stereocenters. The van der Waals surface area contributed by atoms with Crippen LogP contribution in [0.4, 0.5) is 0 Å². The number of rotatable bonds is 0. The molecule has 1 nitrogen and oxygen atoms in total. The summed E-state index contributed by atoms with van der Waals surface area (Å²) in [5.74, 6) is 2.80. The molecular weight excluding hydrogens is 196 g/mol. The smallest absolute Gasteiger partial charge is 0.0690 e. The maximum atomic E-state index is 6.39. The summed E-state index contributed by atoms with van der Waals surface area (Å²) >= 11 is 0. The molecule has 1 aliphatic heterocycles. The Morgan fingerprint density at radius 1 is 1.12 bits per heavy atom. The molecule has 3 fully saturated rings. The zero-order chi connectivity index (χ0) is 11.4. The van der Waals surface area contributed by atoms with Crippen molar-refractivity contribution in [2.45, 2.75) is 64.9 Å². The Hall–Kier alpha value is -0.0400. The second kappa shape index (κ2) is 3.48. The van der Waals surface area contributed by atoms with Crippen molar-refractivity contribution in [1.29, 1.82) is 0 Å². The van der Waals surface area contributed by atoms with Crippen LogP contribution in [0.2, 0.25) is 0 Å². The fourth-order valence-electron chi connectivity index (χ4n) is 4.64.